The van der Waals surface area contributed by atoms with Crippen molar-refractivity contribution in [3.63, 3.8) is 0 Å². The lowest BCUT2D eigenvalue weighted by molar-refractivity contribution is -0.135. The first-order chi connectivity index (χ1) is 9.40. The Morgan fingerprint density at radius 3 is 2.65 bits per heavy atom. The average Bonchev–Trinajstić information content (AvgIpc) is 2.36. The summed E-state index contributed by atoms with van der Waals surface area (Å²) in [5.41, 5.74) is 1.32. The third kappa shape index (κ3) is 2.89. The van der Waals surface area contributed by atoms with E-state index < -0.39 is 5.92 Å². The summed E-state index contributed by atoms with van der Waals surface area (Å²) in [5.74, 6) is -1.30. The van der Waals surface area contributed by atoms with Gasteiger partial charge in [0.15, 0.2) is 0 Å². The molecule has 108 valence electrons. The summed E-state index contributed by atoms with van der Waals surface area (Å²) in [4.78, 5) is 26.1. The van der Waals surface area contributed by atoms with Crippen molar-refractivity contribution in [1.82, 2.24) is 0 Å². The Morgan fingerprint density at radius 1 is 1.35 bits per heavy atom. The number of nitrogens with zero attached hydrogens (tertiary/aromatic N) is 1. The maximum atomic E-state index is 13.5. The largest absolute Gasteiger partial charge is 0.312 e. The summed E-state index contributed by atoms with van der Waals surface area (Å²) in [6.45, 7) is 5.95. The fourth-order valence-corrected chi connectivity index (χ4v) is 2.67. The molecule has 1 amide bonds. The van der Waals surface area contributed by atoms with Gasteiger partial charge in [-0.25, -0.2) is 4.39 Å². The van der Waals surface area contributed by atoms with Gasteiger partial charge in [0.2, 0.25) is 5.91 Å². The predicted octanol–water partition coefficient (Wildman–Crippen LogP) is 3.10. The molecule has 1 aromatic rings. The molecule has 1 atom stereocenters. The van der Waals surface area contributed by atoms with Gasteiger partial charge in [0.25, 0.3) is 0 Å². The van der Waals surface area contributed by atoms with Crippen LogP contribution in [0.2, 0.25) is 0 Å². The first-order valence-corrected chi connectivity index (χ1v) is 7.02. The van der Waals surface area contributed by atoms with Gasteiger partial charge < -0.3 is 4.90 Å². The number of hydrogen-bond acceptors (Lipinski definition) is 2. The van der Waals surface area contributed by atoms with Crippen molar-refractivity contribution in [3.05, 3.63) is 29.6 Å². The number of carbonyl (C=O) groups is 2. The predicted molar refractivity (Wildman–Crippen MR) is 76.1 cm³/mol. The Kier molecular flexibility index (Phi) is 4.21. The molecule has 2 rings (SSSR count). The van der Waals surface area contributed by atoms with E-state index in [2.05, 4.69) is 0 Å². The van der Waals surface area contributed by atoms with Crippen LogP contribution in [0, 0.1) is 24.6 Å². The van der Waals surface area contributed by atoms with Crippen molar-refractivity contribution in [1.29, 1.82) is 0 Å². The zero-order valence-electron chi connectivity index (χ0n) is 12.1. The van der Waals surface area contributed by atoms with Crippen molar-refractivity contribution in [2.24, 2.45) is 11.8 Å². The van der Waals surface area contributed by atoms with Crippen LogP contribution in [0.3, 0.4) is 0 Å². The molecule has 0 unspecified atom stereocenters. The molecule has 0 N–H and O–H groups in total. The van der Waals surface area contributed by atoms with Gasteiger partial charge in [0, 0.05) is 18.2 Å². The second-order valence-electron chi connectivity index (χ2n) is 5.73. The molecule has 0 spiro atoms. The van der Waals surface area contributed by atoms with E-state index in [1.807, 2.05) is 0 Å². The minimum atomic E-state index is -0.577. The Balaban J connectivity index is 2.28. The summed E-state index contributed by atoms with van der Waals surface area (Å²) in [5, 5.41) is 0. The van der Waals surface area contributed by atoms with Crippen LogP contribution >= 0.6 is 0 Å². The Bertz CT molecular complexity index is 519. The monoisotopic (exact) mass is 277 g/mol. The zero-order valence-corrected chi connectivity index (χ0v) is 12.1. The summed E-state index contributed by atoms with van der Waals surface area (Å²) in [6, 6.07) is 4.56. The van der Waals surface area contributed by atoms with Crippen LogP contribution in [0.4, 0.5) is 10.1 Å². The minimum absolute atomic E-state index is 0.0205. The van der Waals surface area contributed by atoms with Gasteiger partial charge in [-0.3, -0.25) is 9.59 Å². The van der Waals surface area contributed by atoms with E-state index >= 15 is 0 Å². The van der Waals surface area contributed by atoms with Gasteiger partial charge in [-0.15, -0.1) is 0 Å². The van der Waals surface area contributed by atoms with Gasteiger partial charge in [-0.05, 0) is 43.5 Å². The zero-order chi connectivity index (χ0) is 14.9. The van der Waals surface area contributed by atoms with Gasteiger partial charge in [0.1, 0.15) is 11.6 Å². The van der Waals surface area contributed by atoms with Crippen molar-refractivity contribution >= 4 is 17.4 Å². The lowest BCUT2D eigenvalue weighted by Gasteiger charge is -2.32. The molecular weight excluding hydrogens is 257 g/mol. The number of carbonyl (C=O) groups excluding carboxylic acids is 2. The maximum absolute atomic E-state index is 13.5. The number of hydrogen-bond donors (Lipinski definition) is 0. The quantitative estimate of drug-likeness (QED) is 0.796. The molecule has 3 nitrogen and oxygen atoms in total. The number of rotatable bonds is 3. The fraction of sp³-hybridized carbons (Fsp3) is 0.500. The summed E-state index contributed by atoms with van der Waals surface area (Å²) in [7, 11) is 0. The molecule has 0 bridgehead atoms. The first kappa shape index (κ1) is 14.7. The van der Waals surface area contributed by atoms with Gasteiger partial charge >= 0.3 is 0 Å². The Morgan fingerprint density at radius 2 is 2.05 bits per heavy atom. The highest BCUT2D eigenvalue weighted by molar-refractivity contribution is 6.09. The topological polar surface area (TPSA) is 37.4 Å². The van der Waals surface area contributed by atoms with E-state index in [0.29, 0.717) is 18.7 Å². The third-order valence-corrected chi connectivity index (χ3v) is 3.69. The highest BCUT2D eigenvalue weighted by atomic mass is 19.1. The second kappa shape index (κ2) is 5.73. The minimum Gasteiger partial charge on any atom is -0.312 e. The van der Waals surface area contributed by atoms with Crippen LogP contribution in [0.25, 0.3) is 0 Å². The summed E-state index contributed by atoms with van der Waals surface area (Å²) in [6.07, 6.45) is 1.37. The standard InChI is InChI=1S/C16H20FNO2/c1-10(2)15(19)14-5-4-6-18(16(14)20)13-8-11(3)7-12(17)9-13/h7-10,14H,4-6H2,1-3H3/t14-/m1/s1. The molecule has 1 saturated heterocycles. The molecule has 1 aliphatic heterocycles. The molecule has 0 saturated carbocycles. The number of halogens is 1. The van der Waals surface area contributed by atoms with Crippen LogP contribution in [0.1, 0.15) is 32.3 Å². The average molecular weight is 277 g/mol. The molecule has 1 fully saturated rings. The van der Waals surface area contributed by atoms with Crippen LogP contribution < -0.4 is 4.90 Å². The Hall–Kier alpha value is -1.71. The van der Waals surface area contributed by atoms with Gasteiger partial charge in [-0.2, -0.15) is 0 Å². The number of aryl methyl sites for hydroxylation is 1. The van der Waals surface area contributed by atoms with E-state index in [1.54, 1.807) is 31.7 Å². The molecular formula is C16H20FNO2. The lowest BCUT2D eigenvalue weighted by atomic mass is 9.87. The fourth-order valence-electron chi connectivity index (χ4n) is 2.67. The van der Waals surface area contributed by atoms with Gasteiger partial charge in [-0.1, -0.05) is 13.8 Å². The maximum Gasteiger partial charge on any atom is 0.237 e. The Labute approximate surface area is 118 Å². The molecule has 1 heterocycles. The number of amides is 1. The summed E-state index contributed by atoms with van der Waals surface area (Å²) >= 11 is 0. The SMILES string of the molecule is Cc1cc(F)cc(N2CCC[C@H](C(=O)C(C)C)C2=O)c1. The lowest BCUT2D eigenvalue weighted by Crippen LogP contribution is -2.45. The highest BCUT2D eigenvalue weighted by Crippen LogP contribution is 2.27. The van der Waals surface area contributed by atoms with E-state index in [0.717, 1.165) is 12.0 Å². The first-order valence-electron chi connectivity index (χ1n) is 7.02. The molecule has 0 aliphatic carbocycles. The molecule has 4 heteroatoms. The van der Waals surface area contributed by atoms with Crippen LogP contribution in [-0.2, 0) is 9.59 Å². The van der Waals surface area contributed by atoms with E-state index in [9.17, 15) is 14.0 Å². The number of anilines is 1. The van der Waals surface area contributed by atoms with Crippen LogP contribution in [-0.4, -0.2) is 18.2 Å². The smallest absolute Gasteiger partial charge is 0.237 e. The highest BCUT2D eigenvalue weighted by Gasteiger charge is 2.35. The molecule has 1 aromatic carbocycles. The number of Topliss-reactive ketones (excluding diaryl/α,β-unsaturated/α-hetero) is 1. The molecule has 20 heavy (non-hydrogen) atoms. The van der Waals surface area contributed by atoms with Gasteiger partial charge in [0.05, 0.1) is 5.92 Å². The number of ketones is 1. The summed E-state index contributed by atoms with van der Waals surface area (Å²) < 4.78 is 13.5. The van der Waals surface area contributed by atoms with Crippen molar-refractivity contribution < 1.29 is 14.0 Å². The normalized spacial score (nSPS) is 19.6. The molecule has 0 aromatic heterocycles. The second-order valence-corrected chi connectivity index (χ2v) is 5.73. The van der Waals surface area contributed by atoms with Crippen LogP contribution in [0.5, 0.6) is 0 Å². The van der Waals surface area contributed by atoms with E-state index in [-0.39, 0.29) is 23.4 Å². The van der Waals surface area contributed by atoms with E-state index in [1.165, 1.54) is 12.1 Å². The van der Waals surface area contributed by atoms with E-state index in [4.69, 9.17) is 0 Å². The van der Waals surface area contributed by atoms with Crippen molar-refractivity contribution in [2.75, 3.05) is 11.4 Å². The third-order valence-electron chi connectivity index (χ3n) is 3.69. The molecule has 0 radical (unpaired) electrons. The van der Waals surface area contributed by atoms with Crippen LogP contribution in [0.15, 0.2) is 18.2 Å². The number of benzene rings is 1. The number of piperidine rings is 1. The van der Waals surface area contributed by atoms with Crippen molar-refractivity contribution in [3.8, 4) is 0 Å². The van der Waals surface area contributed by atoms with Crippen molar-refractivity contribution in [2.45, 2.75) is 33.6 Å². The molecule has 1 aliphatic rings.